The Labute approximate surface area is 134 Å². The van der Waals surface area contributed by atoms with Crippen molar-refractivity contribution in [3.8, 4) is 0 Å². The van der Waals surface area contributed by atoms with E-state index in [0.717, 1.165) is 51.9 Å². The third-order valence-corrected chi connectivity index (χ3v) is 5.04. The first-order valence-electron chi connectivity index (χ1n) is 8.57. The highest BCUT2D eigenvalue weighted by atomic mass is 16.2. The first-order valence-corrected chi connectivity index (χ1v) is 8.57. The molecule has 0 aliphatic carbocycles. The van der Waals surface area contributed by atoms with Crippen molar-refractivity contribution in [1.29, 1.82) is 0 Å². The van der Waals surface area contributed by atoms with Crippen molar-refractivity contribution < 1.29 is 9.59 Å². The van der Waals surface area contributed by atoms with Gasteiger partial charge in [0.25, 0.3) is 0 Å². The number of carbonyl (C=O) groups excluding carboxylic acids is 2. The average Bonchev–Trinajstić information content (AvgIpc) is 2.47. The average molecular weight is 309 g/mol. The molecule has 22 heavy (non-hydrogen) atoms. The van der Waals surface area contributed by atoms with Gasteiger partial charge in [0.15, 0.2) is 0 Å². The molecule has 0 aromatic carbocycles. The second-order valence-electron chi connectivity index (χ2n) is 7.70. The van der Waals surface area contributed by atoms with Crippen LogP contribution in [0.15, 0.2) is 0 Å². The van der Waals surface area contributed by atoms with Crippen molar-refractivity contribution in [2.75, 3.05) is 40.3 Å². The summed E-state index contributed by atoms with van der Waals surface area (Å²) in [5.41, 5.74) is 0.120. The third kappa shape index (κ3) is 3.93. The van der Waals surface area contributed by atoms with E-state index in [1.165, 1.54) is 0 Å². The van der Waals surface area contributed by atoms with Crippen molar-refractivity contribution in [2.24, 2.45) is 11.3 Å². The van der Waals surface area contributed by atoms with E-state index in [9.17, 15) is 9.59 Å². The highest BCUT2D eigenvalue weighted by Gasteiger charge is 2.42. The van der Waals surface area contributed by atoms with Gasteiger partial charge in [0.2, 0.25) is 5.91 Å². The smallest absolute Gasteiger partial charge is 0.319 e. The molecule has 0 saturated carbocycles. The van der Waals surface area contributed by atoms with Gasteiger partial charge in [-0.05, 0) is 31.6 Å². The summed E-state index contributed by atoms with van der Waals surface area (Å²) in [6.07, 6.45) is 4.81. The minimum Gasteiger partial charge on any atom is -0.342 e. The summed E-state index contributed by atoms with van der Waals surface area (Å²) in [7, 11) is 3.62. The zero-order valence-corrected chi connectivity index (χ0v) is 14.6. The normalized spacial score (nSPS) is 26.0. The van der Waals surface area contributed by atoms with Crippen molar-refractivity contribution >= 4 is 11.9 Å². The number of likely N-dealkylation sites (tertiary alicyclic amines) is 2. The molecule has 5 nitrogen and oxygen atoms in total. The van der Waals surface area contributed by atoms with Crippen LogP contribution in [-0.2, 0) is 4.79 Å². The zero-order chi connectivity index (χ0) is 16.3. The van der Waals surface area contributed by atoms with Crippen LogP contribution in [0.1, 0.15) is 46.0 Å². The Bertz CT molecular complexity index is 422. The van der Waals surface area contributed by atoms with Crippen LogP contribution < -0.4 is 0 Å². The van der Waals surface area contributed by atoms with Gasteiger partial charge < -0.3 is 14.7 Å². The Morgan fingerprint density at radius 3 is 2.64 bits per heavy atom. The molecule has 3 amide bonds. The van der Waals surface area contributed by atoms with E-state index < -0.39 is 0 Å². The lowest BCUT2D eigenvalue weighted by atomic mass is 9.73. The molecule has 2 heterocycles. The van der Waals surface area contributed by atoms with Crippen molar-refractivity contribution in [3.05, 3.63) is 0 Å². The van der Waals surface area contributed by atoms with E-state index in [1.807, 2.05) is 23.9 Å². The molecule has 0 aromatic heterocycles. The predicted molar refractivity (Wildman–Crippen MR) is 87.6 cm³/mol. The number of urea groups is 1. The number of piperidine rings is 2. The molecule has 1 atom stereocenters. The lowest BCUT2D eigenvalue weighted by Crippen LogP contribution is -2.56. The first kappa shape index (κ1) is 17.1. The van der Waals surface area contributed by atoms with Crippen LogP contribution in [0.4, 0.5) is 4.79 Å². The first-order chi connectivity index (χ1) is 10.3. The molecule has 0 radical (unpaired) electrons. The monoisotopic (exact) mass is 309 g/mol. The van der Waals surface area contributed by atoms with Crippen LogP contribution in [0.25, 0.3) is 0 Å². The second kappa shape index (κ2) is 6.88. The SMILES string of the molecule is CC(C)CCN1C[C@]2(CCCN(C(=O)N(C)C)C2)CCC1=O. The van der Waals surface area contributed by atoms with Crippen LogP contribution in [-0.4, -0.2) is 66.9 Å². The minimum atomic E-state index is 0.102. The van der Waals surface area contributed by atoms with Gasteiger partial charge in [-0.3, -0.25) is 4.79 Å². The lowest BCUT2D eigenvalue weighted by Gasteiger charge is -2.48. The standard InChI is InChI=1S/C17H31N3O2/c1-14(2)7-11-19-12-17(9-6-15(19)21)8-5-10-20(13-17)16(22)18(3)4/h14H,5-13H2,1-4H3/t17-/m0/s1. The Balaban J connectivity index is 2.02. The Kier molecular flexibility index (Phi) is 5.35. The molecule has 5 heteroatoms. The summed E-state index contributed by atoms with van der Waals surface area (Å²) in [5.74, 6) is 0.909. The topological polar surface area (TPSA) is 43.9 Å². The van der Waals surface area contributed by atoms with Gasteiger partial charge in [0.1, 0.15) is 0 Å². The molecule has 2 rings (SSSR count). The van der Waals surface area contributed by atoms with Gasteiger partial charge in [-0.2, -0.15) is 0 Å². The summed E-state index contributed by atoms with van der Waals surface area (Å²) in [4.78, 5) is 30.1. The molecule has 0 N–H and O–H groups in total. The largest absolute Gasteiger partial charge is 0.342 e. The maximum absolute atomic E-state index is 12.3. The van der Waals surface area contributed by atoms with Crippen molar-refractivity contribution in [3.63, 3.8) is 0 Å². The quantitative estimate of drug-likeness (QED) is 0.803. The molecule has 0 bridgehead atoms. The summed E-state index contributed by atoms with van der Waals surface area (Å²) in [5, 5.41) is 0. The van der Waals surface area contributed by atoms with Crippen LogP contribution in [0, 0.1) is 11.3 Å². The molecule has 2 fully saturated rings. The Hall–Kier alpha value is -1.26. The number of amides is 3. The maximum atomic E-state index is 12.3. The fourth-order valence-electron chi connectivity index (χ4n) is 3.71. The van der Waals surface area contributed by atoms with Crippen molar-refractivity contribution in [2.45, 2.75) is 46.0 Å². The maximum Gasteiger partial charge on any atom is 0.319 e. The fraction of sp³-hybridized carbons (Fsp3) is 0.882. The minimum absolute atomic E-state index is 0.102. The van der Waals surface area contributed by atoms with Crippen LogP contribution >= 0.6 is 0 Å². The Morgan fingerprint density at radius 1 is 1.27 bits per heavy atom. The Morgan fingerprint density at radius 2 is 2.00 bits per heavy atom. The molecule has 2 aliphatic heterocycles. The van der Waals surface area contributed by atoms with Gasteiger partial charge >= 0.3 is 6.03 Å². The molecule has 2 aliphatic rings. The molecular formula is C17H31N3O2. The summed E-state index contributed by atoms with van der Waals surface area (Å²) in [6, 6.07) is 0.102. The summed E-state index contributed by atoms with van der Waals surface area (Å²) < 4.78 is 0. The second-order valence-corrected chi connectivity index (χ2v) is 7.70. The summed E-state index contributed by atoms with van der Waals surface area (Å²) >= 11 is 0. The van der Waals surface area contributed by atoms with Crippen LogP contribution in [0.2, 0.25) is 0 Å². The van der Waals surface area contributed by atoms with Crippen LogP contribution in [0.3, 0.4) is 0 Å². The highest BCUT2D eigenvalue weighted by molar-refractivity contribution is 5.77. The molecule has 2 saturated heterocycles. The number of carbonyl (C=O) groups is 2. The number of rotatable bonds is 3. The van der Waals surface area contributed by atoms with Gasteiger partial charge in [0.05, 0.1) is 0 Å². The molecule has 126 valence electrons. The van der Waals surface area contributed by atoms with Gasteiger partial charge in [-0.25, -0.2) is 4.79 Å². The fourth-order valence-corrected chi connectivity index (χ4v) is 3.71. The lowest BCUT2D eigenvalue weighted by molar-refractivity contribution is -0.139. The highest BCUT2D eigenvalue weighted by Crippen LogP contribution is 2.39. The van der Waals surface area contributed by atoms with E-state index in [-0.39, 0.29) is 11.4 Å². The number of hydrogen-bond donors (Lipinski definition) is 0. The van der Waals surface area contributed by atoms with E-state index in [1.54, 1.807) is 4.90 Å². The van der Waals surface area contributed by atoms with Crippen molar-refractivity contribution in [1.82, 2.24) is 14.7 Å². The van der Waals surface area contributed by atoms with Gasteiger partial charge in [-0.15, -0.1) is 0 Å². The number of hydrogen-bond acceptors (Lipinski definition) is 2. The molecule has 0 unspecified atom stereocenters. The van der Waals surface area contributed by atoms with Gasteiger partial charge in [0, 0.05) is 52.1 Å². The third-order valence-electron chi connectivity index (χ3n) is 5.04. The van der Waals surface area contributed by atoms with E-state index in [4.69, 9.17) is 0 Å². The summed E-state index contributed by atoms with van der Waals surface area (Å²) in [6.45, 7) is 7.73. The van der Waals surface area contributed by atoms with E-state index in [0.29, 0.717) is 18.2 Å². The van der Waals surface area contributed by atoms with E-state index >= 15 is 0 Å². The molecule has 0 aromatic rings. The van der Waals surface area contributed by atoms with E-state index in [2.05, 4.69) is 13.8 Å². The number of nitrogens with zero attached hydrogens (tertiary/aromatic N) is 3. The molecule has 1 spiro atoms. The predicted octanol–water partition coefficient (Wildman–Crippen LogP) is 2.42. The van der Waals surface area contributed by atoms with Crippen LogP contribution in [0.5, 0.6) is 0 Å². The zero-order valence-electron chi connectivity index (χ0n) is 14.6. The molecular weight excluding hydrogens is 278 g/mol. The van der Waals surface area contributed by atoms with Gasteiger partial charge in [-0.1, -0.05) is 13.8 Å².